The maximum Gasteiger partial charge on any atom is 0.248 e. The van der Waals surface area contributed by atoms with E-state index in [9.17, 15) is 0 Å². The van der Waals surface area contributed by atoms with E-state index in [-0.39, 0.29) is 12.0 Å². The van der Waals surface area contributed by atoms with Crippen LogP contribution in [0, 0.1) is 5.41 Å². The Bertz CT molecular complexity index is 161. The molecule has 0 unspecified atom stereocenters. The number of ether oxygens (including phenoxy) is 2. The Hall–Kier alpha value is -0.990. The van der Waals surface area contributed by atoms with Gasteiger partial charge in [0.25, 0.3) is 0 Å². The highest BCUT2D eigenvalue weighted by molar-refractivity contribution is 5.88. The molecule has 3 heteroatoms. The van der Waals surface area contributed by atoms with Crippen molar-refractivity contribution in [3.8, 4) is 0 Å². The number of rotatable bonds is 3. The van der Waals surface area contributed by atoms with Gasteiger partial charge in [0.1, 0.15) is 0 Å². The quantitative estimate of drug-likeness (QED) is 0.386. The van der Waals surface area contributed by atoms with E-state index in [0.29, 0.717) is 5.76 Å². The Morgan fingerprint density at radius 1 is 1.45 bits per heavy atom. The lowest BCUT2D eigenvalue weighted by Gasteiger charge is -2.12. The molecule has 0 heterocycles. The maximum absolute atomic E-state index is 7.27. The van der Waals surface area contributed by atoms with E-state index in [1.165, 1.54) is 7.11 Å². The first kappa shape index (κ1) is 10.0. The summed E-state index contributed by atoms with van der Waals surface area (Å²) in [7, 11) is 1.45. The molecule has 1 N–H and O–H groups in total. The molecule has 0 rings (SSSR count). The van der Waals surface area contributed by atoms with Crippen molar-refractivity contribution in [3.63, 3.8) is 0 Å². The monoisotopic (exact) mass is 157 g/mol. The largest absolute Gasteiger partial charge is 0.486 e. The first-order valence-electron chi connectivity index (χ1n) is 3.57. The zero-order chi connectivity index (χ0) is 8.85. The highest BCUT2D eigenvalue weighted by atomic mass is 16.5. The lowest BCUT2D eigenvalue weighted by Crippen LogP contribution is -2.11. The van der Waals surface area contributed by atoms with Gasteiger partial charge < -0.3 is 9.47 Å². The van der Waals surface area contributed by atoms with Gasteiger partial charge in [0.05, 0.1) is 13.2 Å². The predicted octanol–water partition coefficient (Wildman–Crippen LogP) is 1.94. The second kappa shape index (κ2) is 4.77. The molecule has 64 valence electrons. The minimum Gasteiger partial charge on any atom is -0.486 e. The predicted molar refractivity (Wildman–Crippen MR) is 44.7 cm³/mol. The van der Waals surface area contributed by atoms with E-state index < -0.39 is 0 Å². The van der Waals surface area contributed by atoms with Gasteiger partial charge in [-0.1, -0.05) is 0 Å². The van der Waals surface area contributed by atoms with Crippen LogP contribution in [0.25, 0.3) is 0 Å². The number of nitrogens with one attached hydrogen (secondary N) is 1. The van der Waals surface area contributed by atoms with Crippen molar-refractivity contribution in [1.29, 1.82) is 5.41 Å². The van der Waals surface area contributed by atoms with Gasteiger partial charge in [0.15, 0.2) is 5.76 Å². The summed E-state index contributed by atoms with van der Waals surface area (Å²) in [5.41, 5.74) is 0. The van der Waals surface area contributed by atoms with Gasteiger partial charge in [0, 0.05) is 0 Å². The van der Waals surface area contributed by atoms with Crippen LogP contribution in [0.3, 0.4) is 0 Å². The van der Waals surface area contributed by atoms with Gasteiger partial charge in [-0.25, -0.2) is 0 Å². The molecule has 0 saturated heterocycles. The van der Waals surface area contributed by atoms with Crippen LogP contribution in [0.1, 0.15) is 20.8 Å². The SMILES string of the molecule is CC=C(OC(C)C)C(=N)OC. The van der Waals surface area contributed by atoms with Crippen molar-refractivity contribution in [2.45, 2.75) is 26.9 Å². The molecule has 3 nitrogen and oxygen atoms in total. The highest BCUT2D eigenvalue weighted by Crippen LogP contribution is 2.03. The topological polar surface area (TPSA) is 42.3 Å². The van der Waals surface area contributed by atoms with Crippen LogP contribution in [0.4, 0.5) is 0 Å². The molecule has 0 bridgehead atoms. The summed E-state index contributed by atoms with van der Waals surface area (Å²) in [4.78, 5) is 0. The molecule has 0 saturated carbocycles. The fraction of sp³-hybridized carbons (Fsp3) is 0.625. The molecule has 0 aromatic heterocycles. The first-order chi connectivity index (χ1) is 5.11. The Balaban J connectivity index is 4.09. The standard InChI is InChI=1S/C8H15NO2/c1-5-7(8(9)10-4)11-6(2)3/h5-6,9H,1-4H3. The minimum absolute atomic E-state index is 0.0706. The number of hydrogen-bond acceptors (Lipinski definition) is 3. The zero-order valence-corrected chi connectivity index (χ0v) is 7.47. The van der Waals surface area contributed by atoms with E-state index in [1.807, 2.05) is 20.8 Å². The van der Waals surface area contributed by atoms with Crippen molar-refractivity contribution in [1.82, 2.24) is 0 Å². The number of hydrogen-bond donors (Lipinski definition) is 1. The average Bonchev–Trinajstić information content (AvgIpc) is 1.98. The third-order valence-electron chi connectivity index (χ3n) is 1.05. The van der Waals surface area contributed by atoms with Crippen molar-refractivity contribution in [3.05, 3.63) is 11.8 Å². The zero-order valence-electron chi connectivity index (χ0n) is 7.47. The van der Waals surface area contributed by atoms with Crippen LogP contribution in [-0.2, 0) is 9.47 Å². The highest BCUT2D eigenvalue weighted by Gasteiger charge is 2.06. The lowest BCUT2D eigenvalue weighted by molar-refractivity contribution is 0.153. The van der Waals surface area contributed by atoms with Gasteiger partial charge in [-0.15, -0.1) is 0 Å². The summed E-state index contributed by atoms with van der Waals surface area (Å²) < 4.78 is 9.96. The summed E-state index contributed by atoms with van der Waals surface area (Å²) in [5, 5.41) is 7.27. The average molecular weight is 157 g/mol. The normalized spacial score (nSPS) is 11.5. The second-order valence-corrected chi connectivity index (χ2v) is 2.35. The van der Waals surface area contributed by atoms with Crippen molar-refractivity contribution < 1.29 is 9.47 Å². The summed E-state index contributed by atoms with van der Waals surface area (Å²) in [6, 6.07) is 0. The van der Waals surface area contributed by atoms with Crippen LogP contribution >= 0.6 is 0 Å². The molecule has 0 aromatic carbocycles. The summed E-state index contributed by atoms with van der Waals surface area (Å²) in [5.74, 6) is 0.559. The molecule has 0 aliphatic heterocycles. The van der Waals surface area contributed by atoms with Gasteiger partial charge in [-0.3, -0.25) is 5.41 Å². The van der Waals surface area contributed by atoms with Gasteiger partial charge in [-0.2, -0.15) is 0 Å². The van der Waals surface area contributed by atoms with E-state index >= 15 is 0 Å². The van der Waals surface area contributed by atoms with Gasteiger partial charge >= 0.3 is 0 Å². The summed E-state index contributed by atoms with van der Waals surface area (Å²) in [6.45, 7) is 5.63. The molecular formula is C8H15NO2. The third-order valence-corrected chi connectivity index (χ3v) is 1.05. The molecule has 0 atom stereocenters. The van der Waals surface area contributed by atoms with Crippen molar-refractivity contribution in [2.24, 2.45) is 0 Å². The van der Waals surface area contributed by atoms with Crippen LogP contribution < -0.4 is 0 Å². The minimum atomic E-state index is 0.0706. The summed E-state index contributed by atoms with van der Waals surface area (Å²) >= 11 is 0. The number of allylic oxidation sites excluding steroid dienone is 1. The Morgan fingerprint density at radius 2 is 2.00 bits per heavy atom. The fourth-order valence-electron chi connectivity index (χ4n) is 0.607. The van der Waals surface area contributed by atoms with Crippen molar-refractivity contribution >= 4 is 5.90 Å². The van der Waals surface area contributed by atoms with Crippen LogP contribution in [0.15, 0.2) is 11.8 Å². The smallest absolute Gasteiger partial charge is 0.248 e. The van der Waals surface area contributed by atoms with Crippen LogP contribution in [0.2, 0.25) is 0 Å². The van der Waals surface area contributed by atoms with Gasteiger partial charge in [0.2, 0.25) is 5.90 Å². The fourth-order valence-corrected chi connectivity index (χ4v) is 0.607. The molecule has 0 radical (unpaired) electrons. The van der Waals surface area contributed by atoms with E-state index in [4.69, 9.17) is 14.9 Å². The maximum atomic E-state index is 7.27. The molecule has 0 amide bonds. The molecule has 0 aromatic rings. The van der Waals surface area contributed by atoms with Crippen molar-refractivity contribution in [2.75, 3.05) is 7.11 Å². The summed E-state index contributed by atoms with van der Waals surface area (Å²) in [6.07, 6.45) is 1.79. The third kappa shape index (κ3) is 3.65. The van der Waals surface area contributed by atoms with E-state index in [1.54, 1.807) is 6.08 Å². The van der Waals surface area contributed by atoms with E-state index in [0.717, 1.165) is 0 Å². The second-order valence-electron chi connectivity index (χ2n) is 2.35. The Morgan fingerprint density at radius 3 is 2.27 bits per heavy atom. The molecule has 0 aliphatic rings. The first-order valence-corrected chi connectivity index (χ1v) is 3.57. The molecule has 0 aliphatic carbocycles. The molecular weight excluding hydrogens is 142 g/mol. The van der Waals surface area contributed by atoms with Crippen LogP contribution in [0.5, 0.6) is 0 Å². The van der Waals surface area contributed by atoms with Crippen LogP contribution in [-0.4, -0.2) is 19.1 Å². The number of methoxy groups -OCH3 is 1. The van der Waals surface area contributed by atoms with Gasteiger partial charge in [-0.05, 0) is 26.8 Å². The van der Waals surface area contributed by atoms with E-state index in [2.05, 4.69) is 0 Å². The lowest BCUT2D eigenvalue weighted by atomic mass is 10.4. The molecule has 0 spiro atoms. The Labute approximate surface area is 67.5 Å². The molecule has 0 fully saturated rings. The Kier molecular flexibility index (Phi) is 4.34. The molecule has 11 heavy (non-hydrogen) atoms.